The fourth-order valence-corrected chi connectivity index (χ4v) is 6.79. The molecule has 8 nitrogen and oxygen atoms in total. The minimum Gasteiger partial charge on any atom is -0.478 e. The minimum absolute atomic E-state index is 0.228. The molecule has 1 aliphatic carbocycles. The van der Waals surface area contributed by atoms with Gasteiger partial charge < -0.3 is 25.2 Å². The van der Waals surface area contributed by atoms with Crippen LogP contribution < -0.4 is 15.5 Å². The average molecular weight is 543 g/mol. The first-order valence-electron chi connectivity index (χ1n) is 13.1. The van der Waals surface area contributed by atoms with Crippen LogP contribution in [0.25, 0.3) is 0 Å². The molecule has 2 N–H and O–H groups in total. The maximum atomic E-state index is 13.1. The number of ether oxygens (including phenoxy) is 1. The molecule has 2 saturated heterocycles. The van der Waals surface area contributed by atoms with Crippen molar-refractivity contribution >= 4 is 40.8 Å². The molecule has 10 heteroatoms. The molecule has 0 radical (unpaired) electrons. The van der Waals surface area contributed by atoms with E-state index in [2.05, 4.69) is 27.1 Å². The molecule has 2 aromatic rings. The van der Waals surface area contributed by atoms with E-state index in [1.54, 1.807) is 13.2 Å². The lowest BCUT2D eigenvalue weighted by molar-refractivity contribution is 0.0950. The second-order valence-corrected chi connectivity index (χ2v) is 11.5. The molecule has 0 bridgehead atoms. The zero-order valence-corrected chi connectivity index (χ0v) is 23.0. The van der Waals surface area contributed by atoms with E-state index in [0.29, 0.717) is 47.3 Å². The Hall–Kier alpha value is -2.65. The molecule has 3 heterocycles. The first-order valence-corrected chi connectivity index (χ1v) is 14.3. The number of amides is 1. The normalized spacial score (nSPS) is 18.8. The number of rotatable bonds is 8. The van der Waals surface area contributed by atoms with Crippen LogP contribution in [0, 0.1) is 5.41 Å². The van der Waals surface area contributed by atoms with E-state index in [0.717, 1.165) is 35.4 Å². The Balaban J connectivity index is 1.22. The van der Waals surface area contributed by atoms with Crippen molar-refractivity contribution in [1.82, 2.24) is 20.2 Å². The molecular weight excluding hydrogens is 508 g/mol. The molecule has 3 fully saturated rings. The summed E-state index contributed by atoms with van der Waals surface area (Å²) < 4.78 is 5.37. The summed E-state index contributed by atoms with van der Waals surface area (Å²) in [6, 6.07) is 3.77. The topological polar surface area (TPSA) is 82.6 Å². The zero-order chi connectivity index (χ0) is 25.8. The van der Waals surface area contributed by atoms with Crippen LogP contribution in [0.1, 0.15) is 48.9 Å². The zero-order valence-electron chi connectivity index (χ0n) is 21.4. The molecule has 0 unspecified atom stereocenters. The quantitative estimate of drug-likeness (QED) is 0.481. The second-order valence-electron chi connectivity index (χ2n) is 10.0. The van der Waals surface area contributed by atoms with Crippen LogP contribution in [0.3, 0.4) is 0 Å². The Bertz CT molecular complexity index is 1130. The number of aromatic nitrogens is 2. The molecule has 198 valence electrons. The van der Waals surface area contributed by atoms with Crippen molar-refractivity contribution < 1.29 is 9.53 Å². The Morgan fingerprint density at radius 2 is 1.95 bits per heavy atom. The van der Waals surface area contributed by atoms with Crippen LogP contribution in [0.4, 0.5) is 11.5 Å². The summed E-state index contributed by atoms with van der Waals surface area (Å²) in [5.41, 5.74) is 1.67. The van der Waals surface area contributed by atoms with Crippen LogP contribution in [0.2, 0.25) is 5.02 Å². The number of hydrogen-bond acceptors (Lipinski definition) is 8. The third kappa shape index (κ3) is 5.77. The van der Waals surface area contributed by atoms with Gasteiger partial charge in [0.1, 0.15) is 17.5 Å². The number of nitrogens with one attached hydrogen (secondary N) is 2. The van der Waals surface area contributed by atoms with E-state index in [1.807, 2.05) is 23.2 Å². The van der Waals surface area contributed by atoms with Gasteiger partial charge in [-0.1, -0.05) is 36.2 Å². The standard InChI is InChI=1S/C27H35ClN6O2S/c1-19-33(15-16-36-19)14-11-30-26(35)24-20(29-2)5-6-21(25(24)28)37-23-18-31-22(17-32-23)34-12-9-27(10-13-34)7-3-4-8-27/h5-6,17-18,29H,1,3-4,7-16H2,2H3,(H,30,35). The van der Waals surface area contributed by atoms with E-state index < -0.39 is 0 Å². The van der Waals surface area contributed by atoms with Gasteiger partial charge in [-0.15, -0.1) is 0 Å². The summed E-state index contributed by atoms with van der Waals surface area (Å²) in [7, 11) is 1.78. The number of nitrogens with zero attached hydrogens (tertiary/aromatic N) is 4. The number of halogens is 1. The molecule has 5 rings (SSSR count). The van der Waals surface area contributed by atoms with Crippen molar-refractivity contribution in [3.8, 4) is 0 Å². The average Bonchev–Trinajstić information content (AvgIpc) is 3.54. The Morgan fingerprint density at radius 3 is 2.59 bits per heavy atom. The lowest BCUT2D eigenvalue weighted by Crippen LogP contribution is -2.39. The van der Waals surface area contributed by atoms with Crippen LogP contribution >= 0.6 is 23.4 Å². The highest BCUT2D eigenvalue weighted by Crippen LogP contribution is 2.46. The summed E-state index contributed by atoms with van der Waals surface area (Å²) in [6.07, 6.45) is 11.7. The molecule has 2 aliphatic heterocycles. The smallest absolute Gasteiger partial charge is 0.255 e. The lowest BCUT2D eigenvalue weighted by Gasteiger charge is -2.39. The largest absolute Gasteiger partial charge is 0.478 e. The van der Waals surface area contributed by atoms with Gasteiger partial charge in [-0.2, -0.15) is 0 Å². The predicted molar refractivity (Wildman–Crippen MR) is 148 cm³/mol. The fraction of sp³-hybridized carbons (Fsp3) is 0.519. The number of anilines is 2. The molecular formula is C27H35ClN6O2S. The molecule has 1 amide bonds. The van der Waals surface area contributed by atoms with Crippen LogP contribution in [0.15, 0.2) is 46.9 Å². The van der Waals surface area contributed by atoms with Crippen molar-refractivity contribution in [2.24, 2.45) is 5.41 Å². The van der Waals surface area contributed by atoms with Gasteiger partial charge in [0.15, 0.2) is 5.88 Å². The second kappa shape index (κ2) is 11.4. The highest BCUT2D eigenvalue weighted by Gasteiger charge is 2.37. The van der Waals surface area contributed by atoms with Crippen molar-refractivity contribution in [3.63, 3.8) is 0 Å². The monoisotopic (exact) mass is 542 g/mol. The van der Waals surface area contributed by atoms with Crippen LogP contribution in [-0.4, -0.2) is 67.2 Å². The van der Waals surface area contributed by atoms with Crippen LogP contribution in [0.5, 0.6) is 0 Å². The van der Waals surface area contributed by atoms with Gasteiger partial charge in [0.05, 0.1) is 29.5 Å². The molecule has 1 spiro atoms. The summed E-state index contributed by atoms with van der Waals surface area (Å²) >= 11 is 8.17. The minimum atomic E-state index is -0.228. The molecule has 1 saturated carbocycles. The first-order chi connectivity index (χ1) is 18.0. The van der Waals surface area contributed by atoms with Crippen molar-refractivity contribution in [1.29, 1.82) is 0 Å². The lowest BCUT2D eigenvalue weighted by atomic mass is 9.77. The van der Waals surface area contributed by atoms with Crippen molar-refractivity contribution in [3.05, 3.63) is 47.6 Å². The van der Waals surface area contributed by atoms with Gasteiger partial charge in [-0.3, -0.25) is 4.79 Å². The molecule has 0 atom stereocenters. The number of carbonyl (C=O) groups excluding carboxylic acids is 1. The maximum absolute atomic E-state index is 13.1. The summed E-state index contributed by atoms with van der Waals surface area (Å²) in [6.45, 7) is 8.48. The van der Waals surface area contributed by atoms with E-state index in [9.17, 15) is 4.79 Å². The Labute approximate surface area is 228 Å². The highest BCUT2D eigenvalue weighted by atomic mass is 35.5. The predicted octanol–water partition coefficient (Wildman–Crippen LogP) is 5.02. The van der Waals surface area contributed by atoms with E-state index in [4.69, 9.17) is 21.3 Å². The number of piperidine rings is 1. The van der Waals surface area contributed by atoms with E-state index >= 15 is 0 Å². The van der Waals surface area contributed by atoms with Gasteiger partial charge in [0, 0.05) is 43.8 Å². The van der Waals surface area contributed by atoms with Crippen LogP contribution in [-0.2, 0) is 4.74 Å². The number of carbonyl (C=O) groups is 1. The maximum Gasteiger partial charge on any atom is 0.255 e. The van der Waals surface area contributed by atoms with Crippen molar-refractivity contribution in [2.75, 3.05) is 56.6 Å². The van der Waals surface area contributed by atoms with Crippen molar-refractivity contribution in [2.45, 2.75) is 48.4 Å². The highest BCUT2D eigenvalue weighted by molar-refractivity contribution is 7.99. The Morgan fingerprint density at radius 1 is 1.16 bits per heavy atom. The molecule has 3 aliphatic rings. The van der Waals surface area contributed by atoms with Gasteiger partial charge in [0.2, 0.25) is 0 Å². The Kier molecular flexibility index (Phi) is 8.00. The number of hydrogen-bond donors (Lipinski definition) is 2. The van der Waals surface area contributed by atoms with Gasteiger partial charge >= 0.3 is 0 Å². The third-order valence-corrected chi connectivity index (χ3v) is 9.38. The van der Waals surface area contributed by atoms with E-state index in [1.165, 1.54) is 50.3 Å². The van der Waals surface area contributed by atoms with E-state index in [-0.39, 0.29) is 5.91 Å². The number of benzene rings is 1. The molecule has 1 aromatic heterocycles. The third-order valence-electron chi connectivity index (χ3n) is 7.89. The summed E-state index contributed by atoms with van der Waals surface area (Å²) in [5.74, 6) is 1.35. The fourth-order valence-electron chi connectivity index (χ4n) is 5.66. The SMILES string of the molecule is C=C1OCCN1CCNC(=O)c1c(NC)ccc(Sc2cnc(N3CCC4(CCCC4)CC3)cn2)c1Cl. The van der Waals surface area contributed by atoms with Gasteiger partial charge in [-0.25, -0.2) is 9.97 Å². The van der Waals surface area contributed by atoms with Gasteiger partial charge in [-0.05, 0) is 49.8 Å². The summed E-state index contributed by atoms with van der Waals surface area (Å²) in [5, 5.41) is 7.18. The van der Waals surface area contributed by atoms with Gasteiger partial charge in [0.25, 0.3) is 5.91 Å². The molecule has 37 heavy (non-hydrogen) atoms. The molecule has 1 aromatic carbocycles. The summed E-state index contributed by atoms with van der Waals surface area (Å²) in [4.78, 5) is 27.5. The first kappa shape index (κ1) is 26.0.